The van der Waals surface area contributed by atoms with Crippen LogP contribution in [0, 0.1) is 20.8 Å². The molecule has 0 spiro atoms. The highest BCUT2D eigenvalue weighted by Gasteiger charge is 2.35. The molecule has 0 unspecified atom stereocenters. The van der Waals surface area contributed by atoms with Crippen LogP contribution >= 0.6 is 0 Å². The van der Waals surface area contributed by atoms with Gasteiger partial charge in [0.1, 0.15) is 12.4 Å². The lowest BCUT2D eigenvalue weighted by Crippen LogP contribution is -2.28. The monoisotopic (exact) mass is 430 g/mol. The molecular weight excluding hydrogens is 400 g/mol. The largest absolute Gasteiger partial charge is 0.488 e. The summed E-state index contributed by atoms with van der Waals surface area (Å²) in [4.78, 5) is 12.5. The summed E-state index contributed by atoms with van der Waals surface area (Å²) in [5.41, 5.74) is 8.17. The van der Waals surface area contributed by atoms with Gasteiger partial charge in [-0.05, 0) is 74.9 Å². The second-order valence-electron chi connectivity index (χ2n) is 9.50. The minimum Gasteiger partial charge on any atom is -0.488 e. The van der Waals surface area contributed by atoms with Gasteiger partial charge in [0, 0.05) is 11.1 Å². The number of ether oxygens (including phenoxy) is 2. The van der Waals surface area contributed by atoms with E-state index < -0.39 is 17.7 Å². The summed E-state index contributed by atoms with van der Waals surface area (Å²) in [7, 11) is 0. The third-order valence-electron chi connectivity index (χ3n) is 5.95. The zero-order valence-electron chi connectivity index (χ0n) is 19.6. The lowest BCUT2D eigenvalue weighted by atomic mass is 9.81. The Morgan fingerprint density at radius 3 is 2.25 bits per heavy atom. The molecule has 32 heavy (non-hydrogen) atoms. The van der Waals surface area contributed by atoms with Gasteiger partial charge < -0.3 is 14.6 Å². The van der Waals surface area contributed by atoms with E-state index in [1.165, 1.54) is 0 Å². The van der Waals surface area contributed by atoms with Crippen LogP contribution in [0.15, 0.2) is 48.5 Å². The molecule has 0 aliphatic carbocycles. The predicted molar refractivity (Wildman–Crippen MR) is 127 cm³/mol. The minimum atomic E-state index is -1.11. The second kappa shape index (κ2) is 8.10. The lowest BCUT2D eigenvalue weighted by Gasteiger charge is -2.32. The predicted octanol–water partition coefficient (Wildman–Crippen LogP) is 6.78. The minimum absolute atomic E-state index is 0.463. The molecule has 166 valence electrons. The van der Waals surface area contributed by atoms with Crippen LogP contribution in [-0.4, -0.2) is 16.7 Å². The molecule has 1 atom stereocenters. The van der Waals surface area contributed by atoms with E-state index in [0.29, 0.717) is 12.2 Å². The van der Waals surface area contributed by atoms with E-state index in [9.17, 15) is 9.90 Å². The molecule has 1 aliphatic heterocycles. The van der Waals surface area contributed by atoms with Crippen molar-refractivity contribution in [3.8, 4) is 28.0 Å². The first-order valence-electron chi connectivity index (χ1n) is 10.9. The lowest BCUT2D eigenvalue weighted by molar-refractivity contribution is -0.160. The number of fused-ring (bicyclic) bond motifs is 3. The van der Waals surface area contributed by atoms with Gasteiger partial charge in [-0.15, -0.1) is 0 Å². The van der Waals surface area contributed by atoms with Crippen LogP contribution in [0.1, 0.15) is 54.7 Å². The van der Waals surface area contributed by atoms with E-state index in [4.69, 9.17) is 9.47 Å². The normalized spacial score (nSPS) is 13.7. The topological polar surface area (TPSA) is 55.8 Å². The highest BCUT2D eigenvalue weighted by atomic mass is 16.5. The summed E-state index contributed by atoms with van der Waals surface area (Å²) in [6.07, 6.45) is -1.11. The van der Waals surface area contributed by atoms with E-state index in [1.54, 1.807) is 0 Å². The summed E-state index contributed by atoms with van der Waals surface area (Å²) < 4.78 is 12.3. The van der Waals surface area contributed by atoms with Gasteiger partial charge in [-0.3, -0.25) is 0 Å². The van der Waals surface area contributed by atoms with Gasteiger partial charge >= 0.3 is 5.97 Å². The van der Waals surface area contributed by atoms with Crippen molar-refractivity contribution in [1.82, 2.24) is 0 Å². The molecule has 3 aromatic carbocycles. The maximum atomic E-state index is 12.5. The van der Waals surface area contributed by atoms with E-state index in [2.05, 4.69) is 43.3 Å². The number of aryl methyl sites for hydroxylation is 1. The molecule has 1 aliphatic rings. The third kappa shape index (κ3) is 3.91. The molecule has 0 radical (unpaired) electrons. The van der Waals surface area contributed by atoms with Gasteiger partial charge in [0.25, 0.3) is 0 Å². The molecule has 3 aromatic rings. The zero-order valence-corrected chi connectivity index (χ0v) is 19.6. The summed E-state index contributed by atoms with van der Waals surface area (Å²) in [6, 6.07) is 16.5. The van der Waals surface area contributed by atoms with Crippen LogP contribution in [0.3, 0.4) is 0 Å². The second-order valence-corrected chi connectivity index (χ2v) is 9.50. The van der Waals surface area contributed by atoms with Crippen molar-refractivity contribution in [3.63, 3.8) is 0 Å². The van der Waals surface area contributed by atoms with Crippen LogP contribution < -0.4 is 4.74 Å². The number of rotatable bonds is 4. The summed E-state index contributed by atoms with van der Waals surface area (Å²) in [6.45, 7) is 12.1. The van der Waals surface area contributed by atoms with Crippen LogP contribution in [0.25, 0.3) is 22.3 Å². The van der Waals surface area contributed by atoms with E-state index in [1.807, 2.05) is 46.8 Å². The van der Waals surface area contributed by atoms with Crippen molar-refractivity contribution >= 4 is 5.97 Å². The molecule has 4 heteroatoms. The summed E-state index contributed by atoms with van der Waals surface area (Å²) in [5.74, 6) is -0.261. The third-order valence-corrected chi connectivity index (χ3v) is 5.95. The molecular formula is C28H30O4. The van der Waals surface area contributed by atoms with Crippen LogP contribution in [0.4, 0.5) is 0 Å². The van der Waals surface area contributed by atoms with Crippen LogP contribution in [0.2, 0.25) is 0 Å². The van der Waals surface area contributed by atoms with Gasteiger partial charge in [-0.1, -0.05) is 54.1 Å². The maximum absolute atomic E-state index is 12.5. The number of carboxylic acid groups (broad SMARTS) is 1. The molecule has 0 bridgehead atoms. The zero-order chi connectivity index (χ0) is 23.2. The Morgan fingerprint density at radius 1 is 0.969 bits per heavy atom. The fraction of sp³-hybridized carbons (Fsp3) is 0.321. The van der Waals surface area contributed by atoms with Crippen LogP contribution in [-0.2, 0) is 16.1 Å². The molecule has 0 saturated carbocycles. The van der Waals surface area contributed by atoms with Crippen molar-refractivity contribution in [3.05, 3.63) is 76.3 Å². The molecule has 4 nitrogen and oxygen atoms in total. The van der Waals surface area contributed by atoms with Crippen molar-refractivity contribution in [1.29, 1.82) is 0 Å². The van der Waals surface area contributed by atoms with Gasteiger partial charge in [-0.25, -0.2) is 4.79 Å². The van der Waals surface area contributed by atoms with E-state index in [0.717, 1.165) is 50.3 Å². The number of hydrogen-bond donors (Lipinski definition) is 1. The smallest absolute Gasteiger partial charge is 0.337 e. The Bertz CT molecular complexity index is 1180. The first kappa shape index (κ1) is 22.1. The fourth-order valence-corrected chi connectivity index (χ4v) is 4.55. The Balaban J connectivity index is 2.09. The van der Waals surface area contributed by atoms with Gasteiger partial charge in [0.05, 0.1) is 5.60 Å². The van der Waals surface area contributed by atoms with Gasteiger partial charge in [-0.2, -0.15) is 0 Å². The highest BCUT2D eigenvalue weighted by Crippen LogP contribution is 2.50. The first-order chi connectivity index (χ1) is 15.1. The standard InChI is InChI=1S/C28H30O4/c1-16-11-13-19(14-12-16)22-17(2)23-21-10-8-7-9-20(21)15-31-25(23)18(3)24(22)26(27(29)30)32-28(4,5)6/h7-14,26H,15H2,1-6H3,(H,29,30)/t26-/m0/s1. The number of aliphatic carboxylic acids is 1. The first-order valence-corrected chi connectivity index (χ1v) is 10.9. The highest BCUT2D eigenvalue weighted by molar-refractivity contribution is 5.91. The van der Waals surface area contributed by atoms with Crippen molar-refractivity contribution in [2.24, 2.45) is 0 Å². The SMILES string of the molecule is Cc1ccc(-c2c(C)c3c(c(C)c2[C@H](OC(C)(C)C)C(=O)O)OCc2ccccc2-3)cc1. The number of carbonyl (C=O) groups is 1. The quantitative estimate of drug-likeness (QED) is 0.496. The Morgan fingerprint density at radius 2 is 1.62 bits per heavy atom. The van der Waals surface area contributed by atoms with Crippen molar-refractivity contribution in [2.75, 3.05) is 0 Å². The number of carboxylic acids is 1. The Kier molecular flexibility index (Phi) is 5.59. The van der Waals surface area contributed by atoms with Gasteiger partial charge in [0.2, 0.25) is 0 Å². The molecule has 0 aromatic heterocycles. The van der Waals surface area contributed by atoms with Crippen molar-refractivity contribution < 1.29 is 19.4 Å². The van der Waals surface area contributed by atoms with Crippen molar-refractivity contribution in [2.45, 2.75) is 59.9 Å². The number of benzene rings is 3. The van der Waals surface area contributed by atoms with E-state index >= 15 is 0 Å². The van der Waals surface area contributed by atoms with E-state index in [-0.39, 0.29) is 0 Å². The average Bonchev–Trinajstić information content (AvgIpc) is 2.74. The van der Waals surface area contributed by atoms with Gasteiger partial charge in [0.15, 0.2) is 6.10 Å². The fourth-order valence-electron chi connectivity index (χ4n) is 4.55. The maximum Gasteiger partial charge on any atom is 0.337 e. The summed E-state index contributed by atoms with van der Waals surface area (Å²) in [5, 5.41) is 10.2. The number of hydrogen-bond acceptors (Lipinski definition) is 3. The average molecular weight is 431 g/mol. The molecule has 4 rings (SSSR count). The molecule has 1 heterocycles. The Hall–Kier alpha value is -3.11. The molecule has 0 saturated heterocycles. The molecule has 0 amide bonds. The van der Waals surface area contributed by atoms with Crippen LogP contribution in [0.5, 0.6) is 5.75 Å². The molecule has 1 N–H and O–H groups in total. The summed E-state index contributed by atoms with van der Waals surface area (Å²) >= 11 is 0. The molecule has 0 fully saturated rings. The Labute approximate surface area is 189 Å².